The van der Waals surface area contributed by atoms with Crippen LogP contribution in [0.25, 0.3) is 0 Å². The van der Waals surface area contributed by atoms with Gasteiger partial charge in [-0.3, -0.25) is 9.69 Å². The molecule has 0 bridgehead atoms. The Kier molecular flexibility index (Phi) is 5.33. The second-order valence-electron chi connectivity index (χ2n) is 4.85. The molecule has 1 aliphatic heterocycles. The van der Waals surface area contributed by atoms with Crippen molar-refractivity contribution in [1.82, 2.24) is 9.80 Å². The molecule has 1 atom stereocenters. The SMILES string of the molecule is CN(Cc1ccsc1)C(=O)CN1CCOC(CN)C1. The van der Waals surface area contributed by atoms with Crippen LogP contribution in [0.5, 0.6) is 0 Å². The lowest BCUT2D eigenvalue weighted by Crippen LogP contribution is -2.49. The Balaban J connectivity index is 1.79. The van der Waals surface area contributed by atoms with E-state index in [1.54, 1.807) is 16.2 Å². The first-order valence-electron chi connectivity index (χ1n) is 6.48. The highest BCUT2D eigenvalue weighted by atomic mass is 32.1. The van der Waals surface area contributed by atoms with Gasteiger partial charge in [-0.15, -0.1) is 0 Å². The highest BCUT2D eigenvalue weighted by Gasteiger charge is 2.22. The van der Waals surface area contributed by atoms with Crippen LogP contribution < -0.4 is 5.73 Å². The minimum atomic E-state index is 0.0590. The van der Waals surface area contributed by atoms with Gasteiger partial charge >= 0.3 is 0 Å². The highest BCUT2D eigenvalue weighted by molar-refractivity contribution is 7.07. The van der Waals surface area contributed by atoms with E-state index in [1.165, 1.54) is 5.56 Å². The van der Waals surface area contributed by atoms with E-state index < -0.39 is 0 Å². The standard InChI is InChI=1S/C13H21N3O2S/c1-15(7-11-2-5-19-10-11)13(17)9-16-3-4-18-12(6-14)8-16/h2,5,10,12H,3-4,6-9,14H2,1H3. The van der Waals surface area contributed by atoms with Gasteiger partial charge in [-0.1, -0.05) is 0 Å². The number of nitrogens with zero attached hydrogens (tertiary/aromatic N) is 2. The number of thiophene rings is 1. The molecule has 1 fully saturated rings. The van der Waals surface area contributed by atoms with E-state index in [0.717, 1.165) is 13.1 Å². The summed E-state index contributed by atoms with van der Waals surface area (Å²) in [5.41, 5.74) is 6.78. The zero-order valence-corrected chi connectivity index (χ0v) is 12.1. The molecule has 19 heavy (non-hydrogen) atoms. The summed E-state index contributed by atoms with van der Waals surface area (Å²) in [6, 6.07) is 2.05. The van der Waals surface area contributed by atoms with Crippen LogP contribution in [-0.2, 0) is 16.1 Å². The number of morpholine rings is 1. The molecule has 2 heterocycles. The second-order valence-corrected chi connectivity index (χ2v) is 5.63. The van der Waals surface area contributed by atoms with Gasteiger partial charge in [0.25, 0.3) is 0 Å². The first-order valence-corrected chi connectivity index (χ1v) is 7.42. The molecule has 2 rings (SSSR count). The van der Waals surface area contributed by atoms with Gasteiger partial charge in [0, 0.05) is 33.2 Å². The maximum Gasteiger partial charge on any atom is 0.236 e. The molecule has 0 radical (unpaired) electrons. The molecular weight excluding hydrogens is 262 g/mol. The number of ether oxygens (including phenoxy) is 1. The Hall–Kier alpha value is -0.950. The molecule has 0 aliphatic carbocycles. The van der Waals surface area contributed by atoms with Gasteiger partial charge in [0.05, 0.1) is 19.3 Å². The lowest BCUT2D eigenvalue weighted by molar-refractivity contribution is -0.133. The fourth-order valence-electron chi connectivity index (χ4n) is 2.12. The molecule has 106 valence electrons. The van der Waals surface area contributed by atoms with E-state index in [9.17, 15) is 4.79 Å². The number of carbonyl (C=O) groups excluding carboxylic acids is 1. The van der Waals surface area contributed by atoms with E-state index in [4.69, 9.17) is 10.5 Å². The molecule has 1 aromatic rings. The van der Waals surface area contributed by atoms with Gasteiger partial charge in [-0.2, -0.15) is 11.3 Å². The Morgan fingerprint density at radius 2 is 2.53 bits per heavy atom. The van der Waals surface area contributed by atoms with Crippen LogP contribution in [0.3, 0.4) is 0 Å². The van der Waals surface area contributed by atoms with E-state index in [-0.39, 0.29) is 12.0 Å². The van der Waals surface area contributed by atoms with Gasteiger partial charge < -0.3 is 15.4 Å². The number of hydrogen-bond acceptors (Lipinski definition) is 5. The highest BCUT2D eigenvalue weighted by Crippen LogP contribution is 2.09. The van der Waals surface area contributed by atoms with Crippen molar-refractivity contribution in [2.24, 2.45) is 5.73 Å². The van der Waals surface area contributed by atoms with Gasteiger partial charge in [0.15, 0.2) is 0 Å². The van der Waals surface area contributed by atoms with Crippen LogP contribution in [0, 0.1) is 0 Å². The first kappa shape index (κ1) is 14.5. The minimum Gasteiger partial charge on any atom is -0.374 e. The molecule has 1 saturated heterocycles. The van der Waals surface area contributed by atoms with Crippen LogP contribution in [0.15, 0.2) is 16.8 Å². The fourth-order valence-corrected chi connectivity index (χ4v) is 2.78. The van der Waals surface area contributed by atoms with Crippen molar-refractivity contribution < 1.29 is 9.53 Å². The summed E-state index contributed by atoms with van der Waals surface area (Å²) in [6.45, 7) is 3.83. The number of rotatable bonds is 5. The lowest BCUT2D eigenvalue weighted by atomic mass is 10.2. The maximum absolute atomic E-state index is 12.1. The summed E-state index contributed by atoms with van der Waals surface area (Å²) < 4.78 is 5.49. The number of likely N-dealkylation sites (N-methyl/N-ethyl adjacent to an activating group) is 1. The van der Waals surface area contributed by atoms with Gasteiger partial charge in [-0.05, 0) is 22.4 Å². The average Bonchev–Trinajstić information content (AvgIpc) is 2.91. The first-order chi connectivity index (χ1) is 9.19. The predicted octanol–water partition coefficient (Wildman–Crippen LogP) is 0.366. The van der Waals surface area contributed by atoms with Crippen LogP contribution in [-0.4, -0.2) is 61.6 Å². The molecule has 2 N–H and O–H groups in total. The Labute approximate surface area is 117 Å². The summed E-state index contributed by atoms with van der Waals surface area (Å²) in [5, 5.41) is 4.10. The van der Waals surface area contributed by atoms with E-state index in [1.807, 2.05) is 18.5 Å². The van der Waals surface area contributed by atoms with Crippen LogP contribution in [0.4, 0.5) is 0 Å². The molecule has 1 amide bonds. The normalized spacial score (nSPS) is 20.4. The second kappa shape index (κ2) is 7.00. The Bertz CT molecular complexity index is 397. The number of carbonyl (C=O) groups is 1. The molecule has 1 unspecified atom stereocenters. The van der Waals surface area contributed by atoms with Gasteiger partial charge in [-0.25, -0.2) is 0 Å². The van der Waals surface area contributed by atoms with Gasteiger partial charge in [0.1, 0.15) is 0 Å². The largest absolute Gasteiger partial charge is 0.374 e. The quantitative estimate of drug-likeness (QED) is 0.848. The Morgan fingerprint density at radius 1 is 1.68 bits per heavy atom. The molecule has 0 saturated carbocycles. The topological polar surface area (TPSA) is 58.8 Å². The summed E-state index contributed by atoms with van der Waals surface area (Å²) in [6.07, 6.45) is 0.0590. The summed E-state index contributed by atoms with van der Waals surface area (Å²) in [5.74, 6) is 0.142. The molecule has 1 aliphatic rings. The van der Waals surface area contributed by atoms with Crippen molar-refractivity contribution >= 4 is 17.2 Å². The van der Waals surface area contributed by atoms with Crippen LogP contribution in [0.2, 0.25) is 0 Å². The molecule has 0 spiro atoms. The molecule has 5 nitrogen and oxygen atoms in total. The third-order valence-electron chi connectivity index (χ3n) is 3.27. The Morgan fingerprint density at radius 3 is 3.21 bits per heavy atom. The third-order valence-corrected chi connectivity index (χ3v) is 4.00. The van der Waals surface area contributed by atoms with E-state index in [0.29, 0.717) is 26.2 Å². The van der Waals surface area contributed by atoms with Gasteiger partial charge in [0.2, 0.25) is 5.91 Å². The van der Waals surface area contributed by atoms with E-state index in [2.05, 4.69) is 10.3 Å². The van der Waals surface area contributed by atoms with Crippen molar-refractivity contribution in [3.8, 4) is 0 Å². The van der Waals surface area contributed by atoms with Crippen molar-refractivity contribution in [2.45, 2.75) is 12.6 Å². The zero-order chi connectivity index (χ0) is 13.7. The molecule has 1 aromatic heterocycles. The number of hydrogen-bond donors (Lipinski definition) is 1. The minimum absolute atomic E-state index is 0.0590. The van der Waals surface area contributed by atoms with E-state index >= 15 is 0 Å². The number of nitrogens with two attached hydrogens (primary N) is 1. The molecule has 0 aromatic carbocycles. The van der Waals surface area contributed by atoms with Crippen LogP contribution in [0.1, 0.15) is 5.56 Å². The zero-order valence-electron chi connectivity index (χ0n) is 11.2. The number of amides is 1. The van der Waals surface area contributed by atoms with Crippen molar-refractivity contribution in [3.63, 3.8) is 0 Å². The van der Waals surface area contributed by atoms with Crippen molar-refractivity contribution in [3.05, 3.63) is 22.4 Å². The molecular formula is C13H21N3O2S. The van der Waals surface area contributed by atoms with Crippen molar-refractivity contribution in [1.29, 1.82) is 0 Å². The monoisotopic (exact) mass is 283 g/mol. The average molecular weight is 283 g/mol. The summed E-state index contributed by atoms with van der Waals surface area (Å²) in [4.78, 5) is 16.0. The fraction of sp³-hybridized carbons (Fsp3) is 0.615. The molecule has 6 heteroatoms. The summed E-state index contributed by atoms with van der Waals surface area (Å²) >= 11 is 1.65. The van der Waals surface area contributed by atoms with Crippen molar-refractivity contribution in [2.75, 3.05) is 39.8 Å². The third kappa shape index (κ3) is 4.28. The summed E-state index contributed by atoms with van der Waals surface area (Å²) in [7, 11) is 1.85. The van der Waals surface area contributed by atoms with Crippen LogP contribution >= 0.6 is 11.3 Å². The maximum atomic E-state index is 12.1. The smallest absolute Gasteiger partial charge is 0.236 e. The lowest BCUT2D eigenvalue weighted by Gasteiger charge is -2.32. The predicted molar refractivity (Wildman–Crippen MR) is 76.0 cm³/mol.